The molecule has 3 aromatic rings. The fourth-order valence-electron chi connectivity index (χ4n) is 2.21. The van der Waals surface area contributed by atoms with E-state index < -0.39 is 0 Å². The van der Waals surface area contributed by atoms with Crippen molar-refractivity contribution in [3.05, 3.63) is 64.7 Å². The molecule has 2 aromatic carbocycles. The lowest BCUT2D eigenvalue weighted by Crippen LogP contribution is -2.13. The van der Waals surface area contributed by atoms with Crippen LogP contribution in [0.4, 0.5) is 0 Å². The number of nitrogens with zero attached hydrogens (tertiary/aromatic N) is 2. The molecule has 0 aliphatic rings. The number of Topliss-reactive ketones (excluding diaryl/α,β-unsaturated/α-hetero) is 1. The maximum absolute atomic E-state index is 12.4. The van der Waals surface area contributed by atoms with Gasteiger partial charge in [0.1, 0.15) is 0 Å². The van der Waals surface area contributed by atoms with Gasteiger partial charge in [-0.15, -0.1) is 10.2 Å². The highest BCUT2D eigenvalue weighted by Crippen LogP contribution is 2.28. The van der Waals surface area contributed by atoms with Crippen LogP contribution in [-0.2, 0) is 0 Å². The number of carbonyl (C=O) groups excluding carboxylic acids is 1. The molecule has 0 amide bonds. The van der Waals surface area contributed by atoms with E-state index in [4.69, 9.17) is 16.0 Å². The van der Waals surface area contributed by atoms with Crippen LogP contribution in [0.1, 0.15) is 22.8 Å². The Balaban J connectivity index is 1.72. The largest absolute Gasteiger partial charge is 0.411 e. The standard InChI is InChI=1S/C18H15ClN2O2S/c1-11-4-3-5-14(10-11)17-20-21-18(23-17)24-12(2)16(22)13-6-8-15(19)9-7-13/h3-10,12H,1-2H3/t12-/m1/s1. The van der Waals surface area contributed by atoms with Gasteiger partial charge in [-0.25, -0.2) is 0 Å². The van der Waals surface area contributed by atoms with Gasteiger partial charge in [0.2, 0.25) is 5.89 Å². The van der Waals surface area contributed by atoms with Gasteiger partial charge in [-0.05, 0) is 50.2 Å². The van der Waals surface area contributed by atoms with Gasteiger partial charge in [0.15, 0.2) is 5.78 Å². The molecule has 6 heteroatoms. The Kier molecular flexibility index (Phi) is 5.02. The van der Waals surface area contributed by atoms with Gasteiger partial charge in [-0.3, -0.25) is 4.79 Å². The summed E-state index contributed by atoms with van der Waals surface area (Å²) in [5.41, 5.74) is 2.59. The summed E-state index contributed by atoms with van der Waals surface area (Å²) in [7, 11) is 0. The normalized spacial score (nSPS) is 12.1. The molecule has 0 saturated carbocycles. The van der Waals surface area contributed by atoms with E-state index in [0.717, 1.165) is 11.1 Å². The summed E-state index contributed by atoms with van der Waals surface area (Å²) in [5, 5.41) is 8.73. The molecule has 0 fully saturated rings. The quantitative estimate of drug-likeness (QED) is 0.471. The number of aromatic nitrogens is 2. The third-order valence-corrected chi connectivity index (χ3v) is 4.63. The number of hydrogen-bond donors (Lipinski definition) is 0. The molecular formula is C18H15ClN2O2S. The smallest absolute Gasteiger partial charge is 0.277 e. The Morgan fingerprint density at radius 3 is 2.62 bits per heavy atom. The van der Waals surface area contributed by atoms with Crippen LogP contribution in [0.5, 0.6) is 0 Å². The van der Waals surface area contributed by atoms with Crippen molar-refractivity contribution in [2.24, 2.45) is 0 Å². The number of benzene rings is 2. The second-order valence-electron chi connectivity index (χ2n) is 5.37. The highest BCUT2D eigenvalue weighted by Gasteiger charge is 2.20. The summed E-state index contributed by atoms with van der Waals surface area (Å²) >= 11 is 7.10. The van der Waals surface area contributed by atoms with E-state index in [-0.39, 0.29) is 11.0 Å². The van der Waals surface area contributed by atoms with Crippen molar-refractivity contribution in [2.75, 3.05) is 0 Å². The Morgan fingerprint density at radius 1 is 1.17 bits per heavy atom. The third-order valence-electron chi connectivity index (χ3n) is 3.45. The van der Waals surface area contributed by atoms with Crippen molar-refractivity contribution in [2.45, 2.75) is 24.3 Å². The summed E-state index contributed by atoms with van der Waals surface area (Å²) in [5.74, 6) is 0.444. The molecule has 0 unspecified atom stereocenters. The van der Waals surface area contributed by atoms with Crippen molar-refractivity contribution in [1.29, 1.82) is 0 Å². The minimum absolute atomic E-state index is 0.00743. The number of aryl methyl sites for hydroxylation is 1. The Labute approximate surface area is 149 Å². The van der Waals surface area contributed by atoms with E-state index >= 15 is 0 Å². The highest BCUT2D eigenvalue weighted by atomic mass is 35.5. The monoisotopic (exact) mass is 358 g/mol. The van der Waals surface area contributed by atoms with E-state index in [9.17, 15) is 4.79 Å². The van der Waals surface area contributed by atoms with E-state index in [0.29, 0.717) is 21.7 Å². The van der Waals surface area contributed by atoms with Gasteiger partial charge >= 0.3 is 0 Å². The van der Waals surface area contributed by atoms with Crippen LogP contribution < -0.4 is 0 Å². The molecule has 0 radical (unpaired) electrons. The molecule has 1 atom stereocenters. The molecule has 0 N–H and O–H groups in total. The summed E-state index contributed by atoms with van der Waals surface area (Å²) in [4.78, 5) is 12.4. The molecule has 0 spiro atoms. The van der Waals surface area contributed by atoms with Crippen LogP contribution >= 0.6 is 23.4 Å². The van der Waals surface area contributed by atoms with Crippen molar-refractivity contribution < 1.29 is 9.21 Å². The number of hydrogen-bond acceptors (Lipinski definition) is 5. The van der Waals surface area contributed by atoms with Crippen molar-refractivity contribution in [3.8, 4) is 11.5 Å². The summed E-state index contributed by atoms with van der Waals surface area (Å²) in [6, 6.07) is 14.7. The molecule has 0 aliphatic carbocycles. The van der Waals surface area contributed by atoms with E-state index in [1.165, 1.54) is 11.8 Å². The molecule has 3 rings (SSSR count). The second kappa shape index (κ2) is 7.20. The van der Waals surface area contributed by atoms with Crippen LogP contribution in [0.15, 0.2) is 58.2 Å². The first kappa shape index (κ1) is 16.7. The number of thioether (sulfide) groups is 1. The second-order valence-corrected chi connectivity index (χ2v) is 7.10. The lowest BCUT2D eigenvalue weighted by Gasteiger charge is -2.07. The van der Waals surface area contributed by atoms with Crippen LogP contribution in [0, 0.1) is 6.92 Å². The van der Waals surface area contributed by atoms with Gasteiger partial charge in [0.25, 0.3) is 5.22 Å². The van der Waals surface area contributed by atoms with E-state index in [1.807, 2.05) is 38.1 Å². The fourth-order valence-corrected chi connectivity index (χ4v) is 3.09. The average molecular weight is 359 g/mol. The van der Waals surface area contributed by atoms with Crippen molar-refractivity contribution >= 4 is 29.1 Å². The molecule has 1 aromatic heterocycles. The highest BCUT2D eigenvalue weighted by molar-refractivity contribution is 8.00. The lowest BCUT2D eigenvalue weighted by molar-refractivity contribution is 0.0993. The first-order valence-electron chi connectivity index (χ1n) is 7.40. The molecule has 4 nitrogen and oxygen atoms in total. The number of carbonyl (C=O) groups is 1. The summed E-state index contributed by atoms with van der Waals surface area (Å²) < 4.78 is 5.67. The van der Waals surface area contributed by atoms with Crippen LogP contribution in [0.2, 0.25) is 5.02 Å². The van der Waals surface area contributed by atoms with Crippen LogP contribution in [0.25, 0.3) is 11.5 Å². The Hall–Kier alpha value is -2.11. The minimum atomic E-state index is -0.336. The number of rotatable bonds is 5. The molecule has 0 saturated heterocycles. The number of ketones is 1. The van der Waals surface area contributed by atoms with E-state index in [1.54, 1.807) is 24.3 Å². The molecule has 0 aliphatic heterocycles. The summed E-state index contributed by atoms with van der Waals surface area (Å²) in [6.07, 6.45) is 0. The van der Waals surface area contributed by atoms with Crippen molar-refractivity contribution in [1.82, 2.24) is 10.2 Å². The summed E-state index contributed by atoms with van der Waals surface area (Å²) in [6.45, 7) is 3.82. The van der Waals surface area contributed by atoms with Crippen LogP contribution in [-0.4, -0.2) is 21.2 Å². The molecule has 122 valence electrons. The zero-order valence-electron chi connectivity index (χ0n) is 13.2. The van der Waals surface area contributed by atoms with Crippen LogP contribution in [0.3, 0.4) is 0 Å². The SMILES string of the molecule is Cc1cccc(-c2nnc(S[C@H](C)C(=O)c3ccc(Cl)cc3)o2)c1. The number of halogens is 1. The first-order chi connectivity index (χ1) is 11.5. The molecular weight excluding hydrogens is 344 g/mol. The topological polar surface area (TPSA) is 56.0 Å². The Morgan fingerprint density at radius 2 is 1.92 bits per heavy atom. The Bertz CT molecular complexity index is 861. The zero-order chi connectivity index (χ0) is 17.1. The lowest BCUT2D eigenvalue weighted by atomic mass is 10.1. The average Bonchev–Trinajstić information content (AvgIpc) is 3.03. The fraction of sp³-hybridized carbons (Fsp3) is 0.167. The first-order valence-corrected chi connectivity index (χ1v) is 8.65. The zero-order valence-corrected chi connectivity index (χ0v) is 14.8. The van der Waals surface area contributed by atoms with Gasteiger partial charge < -0.3 is 4.42 Å². The predicted octanol–water partition coefficient (Wildman–Crippen LogP) is 5.06. The maximum atomic E-state index is 12.4. The van der Waals surface area contributed by atoms with Gasteiger partial charge in [0, 0.05) is 16.1 Å². The predicted molar refractivity (Wildman–Crippen MR) is 95.6 cm³/mol. The minimum Gasteiger partial charge on any atom is -0.411 e. The molecule has 24 heavy (non-hydrogen) atoms. The van der Waals surface area contributed by atoms with E-state index in [2.05, 4.69) is 10.2 Å². The molecule has 1 heterocycles. The third kappa shape index (κ3) is 3.86. The van der Waals surface area contributed by atoms with Gasteiger partial charge in [0.05, 0.1) is 5.25 Å². The molecule has 0 bridgehead atoms. The van der Waals surface area contributed by atoms with Crippen molar-refractivity contribution in [3.63, 3.8) is 0 Å². The maximum Gasteiger partial charge on any atom is 0.277 e. The van der Waals surface area contributed by atoms with Gasteiger partial charge in [-0.1, -0.05) is 41.1 Å². The van der Waals surface area contributed by atoms with Gasteiger partial charge in [-0.2, -0.15) is 0 Å².